The molecule has 1 saturated heterocycles. The van der Waals surface area contributed by atoms with E-state index in [1.165, 1.54) is 30.9 Å². The lowest BCUT2D eigenvalue weighted by Gasteiger charge is -2.40. The Bertz CT molecular complexity index is 348. The maximum absolute atomic E-state index is 4.48. The van der Waals surface area contributed by atoms with Crippen LogP contribution in [-0.4, -0.2) is 28.5 Å². The van der Waals surface area contributed by atoms with Crippen molar-refractivity contribution in [3.63, 3.8) is 0 Å². The van der Waals surface area contributed by atoms with Gasteiger partial charge in [0.05, 0.1) is 15.0 Å². The molecular formula is C12H19BrN2S. The third kappa shape index (κ3) is 2.84. The first-order valence-electron chi connectivity index (χ1n) is 5.83. The van der Waals surface area contributed by atoms with Crippen molar-refractivity contribution in [3.05, 3.63) is 15.0 Å². The van der Waals surface area contributed by atoms with Gasteiger partial charge in [0.2, 0.25) is 0 Å². The highest BCUT2D eigenvalue weighted by Gasteiger charge is 2.28. The molecule has 1 fully saturated rings. The zero-order valence-electron chi connectivity index (χ0n) is 10.2. The van der Waals surface area contributed by atoms with E-state index in [0.29, 0.717) is 11.5 Å². The number of thiazole rings is 1. The van der Waals surface area contributed by atoms with E-state index < -0.39 is 0 Å². The average Bonchev–Trinajstić information content (AvgIpc) is 2.64. The molecule has 0 atom stereocenters. The molecule has 0 saturated carbocycles. The molecule has 1 aliphatic heterocycles. The van der Waals surface area contributed by atoms with Gasteiger partial charge in [0, 0.05) is 11.5 Å². The van der Waals surface area contributed by atoms with Crippen LogP contribution in [0.5, 0.6) is 0 Å². The minimum atomic E-state index is 0.314. The molecule has 1 aromatic heterocycles. The van der Waals surface area contributed by atoms with E-state index in [1.54, 1.807) is 11.3 Å². The molecule has 0 N–H and O–H groups in total. The molecule has 4 heteroatoms. The Morgan fingerprint density at radius 2 is 2.00 bits per heavy atom. The molecule has 1 aromatic rings. The number of aromatic nitrogens is 1. The first-order chi connectivity index (χ1) is 7.47. The van der Waals surface area contributed by atoms with E-state index in [9.17, 15) is 0 Å². The van der Waals surface area contributed by atoms with Gasteiger partial charge in [0.15, 0.2) is 0 Å². The summed E-state index contributed by atoms with van der Waals surface area (Å²) in [5.41, 5.74) is 0.314. The lowest BCUT2D eigenvalue weighted by atomic mass is 9.93. The van der Waals surface area contributed by atoms with Gasteiger partial charge in [-0.2, -0.15) is 0 Å². The predicted molar refractivity (Wildman–Crippen MR) is 73.1 cm³/mol. The Morgan fingerprint density at radius 1 is 1.38 bits per heavy atom. The summed E-state index contributed by atoms with van der Waals surface area (Å²) < 4.78 is 1.15. The molecule has 0 radical (unpaired) electrons. The molecule has 2 heterocycles. The van der Waals surface area contributed by atoms with Crippen LogP contribution in [0, 0.1) is 0 Å². The van der Waals surface area contributed by atoms with Crippen molar-refractivity contribution in [1.82, 2.24) is 9.88 Å². The Kier molecular flexibility index (Phi) is 3.72. The maximum Gasteiger partial charge on any atom is 0.0968 e. The van der Waals surface area contributed by atoms with Crippen molar-refractivity contribution in [3.8, 4) is 0 Å². The fourth-order valence-corrected chi connectivity index (χ4v) is 3.67. The molecule has 0 unspecified atom stereocenters. The van der Waals surface area contributed by atoms with Gasteiger partial charge in [-0.3, -0.25) is 4.90 Å². The molecule has 0 aromatic carbocycles. The number of rotatable bonds is 1. The van der Waals surface area contributed by atoms with E-state index >= 15 is 0 Å². The van der Waals surface area contributed by atoms with Crippen LogP contribution in [0.15, 0.2) is 9.98 Å². The Morgan fingerprint density at radius 3 is 2.44 bits per heavy atom. The van der Waals surface area contributed by atoms with Gasteiger partial charge < -0.3 is 0 Å². The van der Waals surface area contributed by atoms with Crippen LogP contribution in [0.2, 0.25) is 0 Å². The summed E-state index contributed by atoms with van der Waals surface area (Å²) in [4.78, 5) is 7.06. The fourth-order valence-electron chi connectivity index (χ4n) is 2.25. The van der Waals surface area contributed by atoms with Gasteiger partial charge in [0.25, 0.3) is 0 Å². The summed E-state index contributed by atoms with van der Waals surface area (Å²) in [6, 6.07) is 0. The van der Waals surface area contributed by atoms with Crippen molar-refractivity contribution in [2.45, 2.75) is 45.1 Å². The minimum Gasteiger partial charge on any atom is -0.298 e. The number of nitrogens with zero attached hydrogens (tertiary/aromatic N) is 2. The van der Waals surface area contributed by atoms with E-state index in [1.807, 2.05) is 6.20 Å². The number of halogens is 1. The van der Waals surface area contributed by atoms with Crippen LogP contribution in [0.1, 0.15) is 44.5 Å². The molecule has 0 bridgehead atoms. The molecule has 0 amide bonds. The van der Waals surface area contributed by atoms with E-state index in [2.05, 4.69) is 46.6 Å². The lowest BCUT2D eigenvalue weighted by Crippen LogP contribution is -2.45. The van der Waals surface area contributed by atoms with E-state index in [4.69, 9.17) is 0 Å². The van der Waals surface area contributed by atoms with Crippen molar-refractivity contribution >= 4 is 27.3 Å². The van der Waals surface area contributed by atoms with Gasteiger partial charge in [-0.1, -0.05) is 0 Å². The highest BCUT2D eigenvalue weighted by molar-refractivity contribution is 9.11. The number of hydrogen-bond donors (Lipinski definition) is 0. The zero-order chi connectivity index (χ0) is 11.8. The van der Waals surface area contributed by atoms with Crippen LogP contribution < -0.4 is 0 Å². The van der Waals surface area contributed by atoms with E-state index in [0.717, 1.165) is 3.79 Å². The first kappa shape index (κ1) is 12.5. The SMILES string of the molecule is CC(C)(C)N1CCC(c2ncc(Br)s2)CC1. The predicted octanol–water partition coefficient (Wildman–Crippen LogP) is 3.88. The molecule has 1 aliphatic rings. The summed E-state index contributed by atoms with van der Waals surface area (Å²) in [5, 5.41) is 1.31. The number of hydrogen-bond acceptors (Lipinski definition) is 3. The smallest absolute Gasteiger partial charge is 0.0968 e. The van der Waals surface area contributed by atoms with Crippen LogP contribution in [0.4, 0.5) is 0 Å². The van der Waals surface area contributed by atoms with Gasteiger partial charge in [-0.25, -0.2) is 4.98 Å². The molecule has 16 heavy (non-hydrogen) atoms. The normalized spacial score (nSPS) is 20.2. The highest BCUT2D eigenvalue weighted by Crippen LogP contribution is 2.34. The van der Waals surface area contributed by atoms with Crippen molar-refractivity contribution in [2.24, 2.45) is 0 Å². The third-order valence-electron chi connectivity index (χ3n) is 3.29. The van der Waals surface area contributed by atoms with Crippen molar-refractivity contribution in [1.29, 1.82) is 0 Å². The Labute approximate surface area is 110 Å². The average molecular weight is 303 g/mol. The Hall–Kier alpha value is 0.0700. The second kappa shape index (κ2) is 4.75. The summed E-state index contributed by atoms with van der Waals surface area (Å²) in [6.07, 6.45) is 4.42. The quantitative estimate of drug-likeness (QED) is 0.782. The minimum absolute atomic E-state index is 0.314. The van der Waals surface area contributed by atoms with Crippen LogP contribution >= 0.6 is 27.3 Å². The molecule has 2 nitrogen and oxygen atoms in total. The zero-order valence-corrected chi connectivity index (χ0v) is 12.6. The van der Waals surface area contributed by atoms with Gasteiger partial charge in [0.1, 0.15) is 0 Å². The second-order valence-electron chi connectivity index (χ2n) is 5.43. The monoisotopic (exact) mass is 302 g/mol. The van der Waals surface area contributed by atoms with E-state index in [-0.39, 0.29) is 0 Å². The molecule has 0 aliphatic carbocycles. The van der Waals surface area contributed by atoms with Gasteiger partial charge in [-0.05, 0) is 62.6 Å². The first-order valence-corrected chi connectivity index (χ1v) is 7.44. The summed E-state index contributed by atoms with van der Waals surface area (Å²) in [7, 11) is 0. The largest absolute Gasteiger partial charge is 0.298 e. The van der Waals surface area contributed by atoms with Crippen LogP contribution in [0.3, 0.4) is 0 Å². The highest BCUT2D eigenvalue weighted by atomic mass is 79.9. The van der Waals surface area contributed by atoms with Crippen molar-refractivity contribution < 1.29 is 0 Å². The molecule has 0 spiro atoms. The van der Waals surface area contributed by atoms with Crippen LogP contribution in [-0.2, 0) is 0 Å². The van der Waals surface area contributed by atoms with Gasteiger partial charge >= 0.3 is 0 Å². The maximum atomic E-state index is 4.48. The topological polar surface area (TPSA) is 16.1 Å². The number of piperidine rings is 1. The summed E-state index contributed by atoms with van der Waals surface area (Å²) in [6.45, 7) is 9.30. The molecule has 2 rings (SSSR count). The standard InChI is InChI=1S/C12H19BrN2S/c1-12(2,3)15-6-4-9(5-7-15)11-14-8-10(13)16-11/h8-9H,4-7H2,1-3H3. The number of likely N-dealkylation sites (tertiary alicyclic amines) is 1. The molecule has 90 valence electrons. The second-order valence-corrected chi connectivity index (χ2v) is 7.88. The summed E-state index contributed by atoms with van der Waals surface area (Å²) >= 11 is 5.28. The summed E-state index contributed by atoms with van der Waals surface area (Å²) in [5.74, 6) is 0.676. The molecular weight excluding hydrogens is 284 g/mol. The van der Waals surface area contributed by atoms with Crippen LogP contribution in [0.25, 0.3) is 0 Å². The van der Waals surface area contributed by atoms with Crippen molar-refractivity contribution in [2.75, 3.05) is 13.1 Å². The lowest BCUT2D eigenvalue weighted by molar-refractivity contribution is 0.102. The van der Waals surface area contributed by atoms with Gasteiger partial charge in [-0.15, -0.1) is 11.3 Å². The Balaban J connectivity index is 1.95. The third-order valence-corrected chi connectivity index (χ3v) is 4.93. The fraction of sp³-hybridized carbons (Fsp3) is 0.750.